The Morgan fingerprint density at radius 1 is 0.978 bits per heavy atom. The SMILES string of the molecule is CCC(CN(C)Cc1ccc(NC(=O)CCCCCCC(=O)NO)cc1)Nc1cccc2c1C(=O)N(C1CCC(=O)NC1=O)C2=O. The number of anilines is 2. The summed E-state index contributed by atoms with van der Waals surface area (Å²) >= 11 is 0. The summed E-state index contributed by atoms with van der Waals surface area (Å²) in [4.78, 5) is 77.1. The van der Waals surface area contributed by atoms with E-state index in [4.69, 9.17) is 5.21 Å². The predicted octanol–water partition coefficient (Wildman–Crippen LogP) is 3.19. The lowest BCUT2D eigenvalue weighted by Gasteiger charge is -2.28. The van der Waals surface area contributed by atoms with Crippen molar-refractivity contribution in [2.45, 2.75) is 83.3 Å². The van der Waals surface area contributed by atoms with Gasteiger partial charge in [0.15, 0.2) is 0 Å². The third-order valence-corrected chi connectivity index (χ3v) is 8.23. The van der Waals surface area contributed by atoms with Gasteiger partial charge in [0.05, 0.1) is 11.1 Å². The lowest BCUT2D eigenvalue weighted by Crippen LogP contribution is -2.54. The van der Waals surface area contributed by atoms with Crippen molar-refractivity contribution < 1.29 is 34.0 Å². The van der Waals surface area contributed by atoms with Crippen LogP contribution in [0.1, 0.15) is 91.0 Å². The molecule has 2 unspecified atom stereocenters. The van der Waals surface area contributed by atoms with E-state index in [9.17, 15) is 28.8 Å². The molecule has 0 spiro atoms. The zero-order valence-electron chi connectivity index (χ0n) is 26.3. The summed E-state index contributed by atoms with van der Waals surface area (Å²) in [5.74, 6) is -2.60. The van der Waals surface area contributed by atoms with Crippen LogP contribution in [0, 0.1) is 0 Å². The maximum absolute atomic E-state index is 13.4. The van der Waals surface area contributed by atoms with Crippen LogP contribution in [0.3, 0.4) is 0 Å². The standard InChI is InChI=1S/C33H42N6O7/c1-3-22(34-25-10-8-9-24-30(25)33(45)39(32(24)44)26-17-18-28(41)36-31(26)43)20-38(2)19-21-13-15-23(16-14-21)35-27(40)11-6-4-5-7-12-29(42)37-46/h8-10,13-16,22,26,34,46H,3-7,11-12,17-20H2,1-2H3,(H,35,40)(H,37,42)(H,36,41,43). The van der Waals surface area contributed by atoms with Gasteiger partial charge in [0.1, 0.15) is 6.04 Å². The molecule has 1 fully saturated rings. The molecule has 0 saturated carbocycles. The van der Waals surface area contributed by atoms with Crippen molar-refractivity contribution in [3.63, 3.8) is 0 Å². The number of carbonyl (C=O) groups is 6. The monoisotopic (exact) mass is 634 g/mol. The van der Waals surface area contributed by atoms with Crippen LogP contribution in [0.5, 0.6) is 0 Å². The van der Waals surface area contributed by atoms with Crippen molar-refractivity contribution in [1.82, 2.24) is 20.6 Å². The van der Waals surface area contributed by atoms with Crippen LogP contribution in [0.2, 0.25) is 0 Å². The number of nitrogens with one attached hydrogen (secondary N) is 4. The number of amides is 6. The van der Waals surface area contributed by atoms with E-state index in [-0.39, 0.29) is 42.3 Å². The molecule has 2 heterocycles. The van der Waals surface area contributed by atoms with Gasteiger partial charge >= 0.3 is 0 Å². The molecule has 13 nitrogen and oxygen atoms in total. The van der Waals surface area contributed by atoms with Gasteiger partial charge in [-0.25, -0.2) is 5.48 Å². The molecule has 6 amide bonds. The Labute approximate surface area is 268 Å². The van der Waals surface area contributed by atoms with Gasteiger partial charge in [-0.2, -0.15) is 0 Å². The number of unbranched alkanes of at least 4 members (excludes halogenated alkanes) is 3. The summed E-state index contributed by atoms with van der Waals surface area (Å²) in [6, 6.07) is 11.6. The van der Waals surface area contributed by atoms with Gasteiger partial charge in [-0.15, -0.1) is 0 Å². The second-order valence-corrected chi connectivity index (χ2v) is 11.8. The van der Waals surface area contributed by atoms with Crippen molar-refractivity contribution in [3.05, 3.63) is 59.2 Å². The van der Waals surface area contributed by atoms with Crippen LogP contribution in [0.15, 0.2) is 42.5 Å². The third kappa shape index (κ3) is 8.76. The van der Waals surface area contributed by atoms with Gasteiger partial charge in [-0.05, 0) is 62.6 Å². The number of carbonyl (C=O) groups excluding carboxylic acids is 6. The lowest BCUT2D eigenvalue weighted by molar-refractivity contribution is -0.136. The molecule has 246 valence electrons. The Kier molecular flexibility index (Phi) is 12.0. The molecule has 2 atom stereocenters. The van der Waals surface area contributed by atoms with Crippen molar-refractivity contribution in [3.8, 4) is 0 Å². The highest BCUT2D eigenvalue weighted by molar-refractivity contribution is 6.25. The molecule has 2 aliphatic rings. The number of hydrogen-bond donors (Lipinski definition) is 5. The highest BCUT2D eigenvalue weighted by Crippen LogP contribution is 2.33. The second-order valence-electron chi connectivity index (χ2n) is 11.8. The molecule has 0 radical (unpaired) electrons. The van der Waals surface area contributed by atoms with Crippen molar-refractivity contribution in [1.29, 1.82) is 0 Å². The number of rotatable bonds is 16. The summed E-state index contributed by atoms with van der Waals surface area (Å²) in [6.45, 7) is 3.32. The Bertz CT molecular complexity index is 1460. The zero-order chi connectivity index (χ0) is 33.2. The zero-order valence-corrected chi connectivity index (χ0v) is 26.3. The molecule has 4 rings (SSSR count). The maximum atomic E-state index is 13.4. The first kappa shape index (κ1) is 34.3. The van der Waals surface area contributed by atoms with E-state index in [0.29, 0.717) is 37.3 Å². The lowest BCUT2D eigenvalue weighted by atomic mass is 10.0. The predicted molar refractivity (Wildman–Crippen MR) is 170 cm³/mol. The van der Waals surface area contributed by atoms with E-state index in [1.807, 2.05) is 38.2 Å². The van der Waals surface area contributed by atoms with Gasteiger partial charge < -0.3 is 15.5 Å². The van der Waals surface area contributed by atoms with Crippen molar-refractivity contribution in [2.75, 3.05) is 24.2 Å². The molecule has 0 aliphatic carbocycles. The first-order valence-corrected chi connectivity index (χ1v) is 15.7. The van der Waals surface area contributed by atoms with Gasteiger partial charge in [-0.3, -0.25) is 44.2 Å². The number of piperidine rings is 1. The fourth-order valence-corrected chi connectivity index (χ4v) is 5.78. The van der Waals surface area contributed by atoms with E-state index in [1.54, 1.807) is 23.7 Å². The molecular weight excluding hydrogens is 592 g/mol. The Morgan fingerprint density at radius 3 is 2.33 bits per heavy atom. The number of hydrogen-bond acceptors (Lipinski definition) is 9. The summed E-state index contributed by atoms with van der Waals surface area (Å²) < 4.78 is 0. The third-order valence-electron chi connectivity index (χ3n) is 8.23. The minimum absolute atomic E-state index is 0.0468. The number of imide groups is 2. The highest BCUT2D eigenvalue weighted by Gasteiger charge is 2.45. The smallest absolute Gasteiger partial charge is 0.264 e. The maximum Gasteiger partial charge on any atom is 0.264 e. The molecular formula is C33H42N6O7. The Balaban J connectivity index is 1.27. The normalized spacial score (nSPS) is 16.7. The van der Waals surface area contributed by atoms with Crippen LogP contribution in [-0.4, -0.2) is 76.1 Å². The van der Waals surface area contributed by atoms with E-state index < -0.39 is 35.6 Å². The molecule has 2 aliphatic heterocycles. The van der Waals surface area contributed by atoms with Crippen LogP contribution in [-0.2, 0) is 25.7 Å². The largest absolute Gasteiger partial charge is 0.380 e. The fourth-order valence-electron chi connectivity index (χ4n) is 5.78. The van der Waals surface area contributed by atoms with E-state index >= 15 is 0 Å². The topological polar surface area (TPSA) is 177 Å². The number of nitrogens with zero attached hydrogens (tertiary/aromatic N) is 2. The van der Waals surface area contributed by atoms with Crippen LogP contribution >= 0.6 is 0 Å². The molecule has 0 aromatic heterocycles. The minimum Gasteiger partial charge on any atom is -0.380 e. The van der Waals surface area contributed by atoms with Crippen LogP contribution in [0.25, 0.3) is 0 Å². The minimum atomic E-state index is -1.02. The molecule has 0 bridgehead atoms. The number of benzene rings is 2. The quantitative estimate of drug-likeness (QED) is 0.0803. The first-order chi connectivity index (χ1) is 22.1. The van der Waals surface area contributed by atoms with Gasteiger partial charge in [-0.1, -0.05) is 38.0 Å². The van der Waals surface area contributed by atoms with E-state index in [0.717, 1.165) is 36.1 Å². The van der Waals surface area contributed by atoms with E-state index in [2.05, 4.69) is 20.9 Å². The Morgan fingerprint density at radius 2 is 1.67 bits per heavy atom. The van der Waals surface area contributed by atoms with E-state index in [1.165, 1.54) is 0 Å². The Hall–Kier alpha value is -4.62. The van der Waals surface area contributed by atoms with Crippen LogP contribution < -0.4 is 21.4 Å². The summed E-state index contributed by atoms with van der Waals surface area (Å²) in [5.41, 5.74) is 4.39. The number of fused-ring (bicyclic) bond motifs is 1. The molecule has 1 saturated heterocycles. The van der Waals surface area contributed by atoms with Gasteiger partial charge in [0.2, 0.25) is 23.6 Å². The van der Waals surface area contributed by atoms with Crippen LogP contribution in [0.4, 0.5) is 11.4 Å². The molecule has 2 aromatic rings. The summed E-state index contributed by atoms with van der Waals surface area (Å²) in [6.07, 6.45) is 4.59. The van der Waals surface area contributed by atoms with Gasteiger partial charge in [0, 0.05) is 49.8 Å². The highest BCUT2D eigenvalue weighted by atomic mass is 16.5. The average Bonchev–Trinajstić information content (AvgIpc) is 3.29. The molecule has 2 aromatic carbocycles. The molecule has 5 N–H and O–H groups in total. The van der Waals surface area contributed by atoms with Gasteiger partial charge in [0.25, 0.3) is 11.8 Å². The first-order valence-electron chi connectivity index (χ1n) is 15.7. The van der Waals surface area contributed by atoms with Crippen molar-refractivity contribution in [2.24, 2.45) is 0 Å². The second kappa shape index (κ2) is 16.1. The molecule has 13 heteroatoms. The number of hydroxylamine groups is 1. The molecule has 46 heavy (non-hydrogen) atoms. The summed E-state index contributed by atoms with van der Waals surface area (Å²) in [7, 11) is 1.99. The van der Waals surface area contributed by atoms with Crippen molar-refractivity contribution >= 4 is 46.8 Å². The average molecular weight is 635 g/mol. The summed E-state index contributed by atoms with van der Waals surface area (Å²) in [5, 5.41) is 17.1. The fraction of sp³-hybridized carbons (Fsp3) is 0.455. The number of likely N-dealkylation sites (N-methyl/N-ethyl adjacent to an activating group) is 1.